The number of rotatable bonds is 8. The molecule has 0 aromatic heterocycles. The molecule has 1 atom stereocenters. The van der Waals surface area contributed by atoms with E-state index in [0.717, 1.165) is 30.6 Å². The number of carbonyl (C=O) groups excluding carboxylic acids is 3. The van der Waals surface area contributed by atoms with Crippen molar-refractivity contribution in [3.8, 4) is 11.5 Å². The number of halogens is 1. The molecule has 184 valence electrons. The average Bonchev–Trinajstić information content (AvgIpc) is 3.43. The third-order valence-electron chi connectivity index (χ3n) is 6.12. The summed E-state index contributed by atoms with van der Waals surface area (Å²) in [7, 11) is 1.52. The van der Waals surface area contributed by atoms with Crippen molar-refractivity contribution < 1.29 is 28.8 Å². The Balaban J connectivity index is 1.45. The molecule has 0 radical (unpaired) electrons. The van der Waals surface area contributed by atoms with Crippen molar-refractivity contribution in [2.45, 2.75) is 50.8 Å². The molecule has 1 aliphatic heterocycles. The van der Waals surface area contributed by atoms with Gasteiger partial charge in [-0.15, -0.1) is 0 Å². The van der Waals surface area contributed by atoms with Crippen LogP contribution in [0, 0.1) is 10.1 Å². The van der Waals surface area contributed by atoms with Gasteiger partial charge in [0.1, 0.15) is 11.1 Å². The molecule has 1 aliphatic carbocycles. The molecular weight excluding hydrogens is 478 g/mol. The number of likely N-dealkylation sites (tertiary alicyclic amines) is 1. The van der Waals surface area contributed by atoms with E-state index in [-0.39, 0.29) is 35.3 Å². The highest BCUT2D eigenvalue weighted by Crippen LogP contribution is 2.33. The molecule has 1 saturated heterocycles. The number of nitrogens with one attached hydrogen (secondary N) is 1. The largest absolute Gasteiger partial charge is 0.493 e. The summed E-state index contributed by atoms with van der Waals surface area (Å²) in [5.74, 6) is -0.649. The number of nitrogens with zero attached hydrogens (tertiary/aromatic N) is 2. The molecule has 10 nitrogen and oxygen atoms in total. The number of carbonyl (C=O) groups is 3. The van der Waals surface area contributed by atoms with Gasteiger partial charge in [-0.25, -0.2) is 0 Å². The number of amides is 3. The lowest BCUT2D eigenvalue weighted by Crippen LogP contribution is -2.41. The fraction of sp³-hybridized carbons (Fsp3) is 0.375. The van der Waals surface area contributed by atoms with E-state index in [1.54, 1.807) is 18.2 Å². The van der Waals surface area contributed by atoms with Crippen LogP contribution in [0.15, 0.2) is 36.4 Å². The molecule has 1 heterocycles. The average molecular weight is 502 g/mol. The van der Waals surface area contributed by atoms with Crippen LogP contribution in [0.3, 0.4) is 0 Å². The lowest BCUT2D eigenvalue weighted by atomic mass is 10.1. The van der Waals surface area contributed by atoms with Crippen LogP contribution in [-0.4, -0.2) is 46.8 Å². The Morgan fingerprint density at radius 2 is 1.91 bits per heavy atom. The van der Waals surface area contributed by atoms with Crippen molar-refractivity contribution in [3.05, 3.63) is 62.7 Å². The van der Waals surface area contributed by atoms with E-state index in [1.165, 1.54) is 25.3 Å². The second-order valence-electron chi connectivity index (χ2n) is 8.48. The van der Waals surface area contributed by atoms with Crippen molar-refractivity contribution in [3.63, 3.8) is 0 Å². The number of methoxy groups -OCH3 is 1. The van der Waals surface area contributed by atoms with Gasteiger partial charge in [0, 0.05) is 11.6 Å². The minimum absolute atomic E-state index is 0.0428. The Bertz CT molecular complexity index is 1180. The fourth-order valence-electron chi connectivity index (χ4n) is 4.28. The summed E-state index contributed by atoms with van der Waals surface area (Å²) in [6.45, 7) is -0.163. The lowest BCUT2D eigenvalue weighted by Gasteiger charge is -2.18. The van der Waals surface area contributed by atoms with E-state index in [1.807, 2.05) is 0 Å². The van der Waals surface area contributed by atoms with Gasteiger partial charge < -0.3 is 14.8 Å². The van der Waals surface area contributed by atoms with Gasteiger partial charge in [-0.1, -0.05) is 17.7 Å². The predicted octanol–water partition coefficient (Wildman–Crippen LogP) is 3.64. The first-order valence-corrected chi connectivity index (χ1v) is 11.6. The zero-order valence-corrected chi connectivity index (χ0v) is 19.7. The number of nitro benzene ring substituents is 1. The van der Waals surface area contributed by atoms with Crippen LogP contribution in [0.4, 0.5) is 5.69 Å². The molecule has 11 heteroatoms. The van der Waals surface area contributed by atoms with Gasteiger partial charge in [0.2, 0.25) is 5.91 Å². The lowest BCUT2D eigenvalue weighted by molar-refractivity contribution is -0.384. The normalized spacial score (nSPS) is 18.1. The van der Waals surface area contributed by atoms with Gasteiger partial charge in [0.15, 0.2) is 11.5 Å². The Morgan fingerprint density at radius 3 is 2.60 bits per heavy atom. The number of ether oxygens (including phenoxy) is 2. The Labute approximate surface area is 206 Å². The molecule has 2 aromatic carbocycles. The number of hydrogen-bond donors (Lipinski definition) is 1. The van der Waals surface area contributed by atoms with Crippen molar-refractivity contribution >= 4 is 35.0 Å². The molecule has 2 fully saturated rings. The summed E-state index contributed by atoms with van der Waals surface area (Å²) in [4.78, 5) is 49.7. The zero-order chi connectivity index (χ0) is 25.1. The van der Waals surface area contributed by atoms with Crippen LogP contribution < -0.4 is 14.8 Å². The SMILES string of the molecule is COc1ccc(C(=O)N[C@H]2CC(=O)N(Cc3ccc(Cl)c([N+](=O)[O-])c3)C2=O)cc1OC1CCCC1. The Hall–Kier alpha value is -3.66. The van der Waals surface area contributed by atoms with E-state index < -0.39 is 28.7 Å². The van der Waals surface area contributed by atoms with Crippen molar-refractivity contribution in [2.75, 3.05) is 7.11 Å². The summed E-state index contributed by atoms with van der Waals surface area (Å²) in [5, 5.41) is 13.7. The first-order valence-electron chi connectivity index (χ1n) is 11.2. The molecule has 3 amide bonds. The predicted molar refractivity (Wildman–Crippen MR) is 125 cm³/mol. The minimum Gasteiger partial charge on any atom is -0.493 e. The fourth-order valence-corrected chi connectivity index (χ4v) is 4.47. The topological polar surface area (TPSA) is 128 Å². The first kappa shape index (κ1) is 24.5. The highest BCUT2D eigenvalue weighted by molar-refractivity contribution is 6.32. The summed E-state index contributed by atoms with van der Waals surface area (Å²) < 4.78 is 11.4. The Kier molecular flexibility index (Phi) is 7.20. The maximum atomic E-state index is 12.9. The molecule has 0 bridgehead atoms. The number of hydrogen-bond acceptors (Lipinski definition) is 7. The van der Waals surface area contributed by atoms with Crippen molar-refractivity contribution in [2.24, 2.45) is 0 Å². The van der Waals surface area contributed by atoms with Crippen molar-refractivity contribution in [1.82, 2.24) is 10.2 Å². The maximum absolute atomic E-state index is 12.9. The molecule has 4 rings (SSSR count). The van der Waals surface area contributed by atoms with Crippen LogP contribution in [0.5, 0.6) is 11.5 Å². The number of benzene rings is 2. The highest BCUT2D eigenvalue weighted by atomic mass is 35.5. The van der Waals surface area contributed by atoms with E-state index in [2.05, 4.69) is 5.32 Å². The van der Waals surface area contributed by atoms with Gasteiger partial charge in [-0.05, 0) is 55.5 Å². The van der Waals surface area contributed by atoms with Gasteiger partial charge in [-0.3, -0.25) is 29.4 Å². The van der Waals surface area contributed by atoms with Crippen molar-refractivity contribution in [1.29, 1.82) is 0 Å². The smallest absolute Gasteiger partial charge is 0.288 e. The highest BCUT2D eigenvalue weighted by Gasteiger charge is 2.39. The minimum atomic E-state index is -1.04. The van der Waals surface area contributed by atoms with Crippen LogP contribution in [0.2, 0.25) is 5.02 Å². The third kappa shape index (κ3) is 5.37. The molecule has 1 saturated carbocycles. The van der Waals surface area contributed by atoms with E-state index in [4.69, 9.17) is 21.1 Å². The molecule has 2 aromatic rings. The second-order valence-corrected chi connectivity index (χ2v) is 8.89. The quantitative estimate of drug-likeness (QED) is 0.332. The monoisotopic (exact) mass is 501 g/mol. The van der Waals surface area contributed by atoms with Crippen LogP contribution in [0.1, 0.15) is 48.0 Å². The van der Waals surface area contributed by atoms with E-state index in [0.29, 0.717) is 17.1 Å². The first-order chi connectivity index (χ1) is 16.8. The second kappa shape index (κ2) is 10.3. The summed E-state index contributed by atoms with van der Waals surface area (Å²) in [5.41, 5.74) is 0.327. The molecular formula is C24H24ClN3O7. The van der Waals surface area contributed by atoms with E-state index >= 15 is 0 Å². The van der Waals surface area contributed by atoms with Gasteiger partial charge in [0.05, 0.1) is 31.1 Å². The molecule has 2 aliphatic rings. The third-order valence-corrected chi connectivity index (χ3v) is 6.44. The summed E-state index contributed by atoms with van der Waals surface area (Å²) in [6, 6.07) is 7.77. The Morgan fingerprint density at radius 1 is 1.17 bits per heavy atom. The summed E-state index contributed by atoms with van der Waals surface area (Å²) in [6.07, 6.45) is 3.90. The van der Waals surface area contributed by atoms with Crippen LogP contribution >= 0.6 is 11.6 Å². The zero-order valence-electron chi connectivity index (χ0n) is 19.0. The molecule has 0 unspecified atom stereocenters. The standard InChI is InChI=1S/C24H24ClN3O7/c1-34-20-9-7-15(11-21(20)35-16-4-2-3-5-16)23(30)26-18-12-22(29)27(24(18)31)13-14-6-8-17(25)19(10-14)28(32)33/h6-11,16,18H,2-5,12-13H2,1H3,(H,26,30)/t18-/m0/s1. The van der Waals surface area contributed by atoms with Crippen LogP contribution in [0.25, 0.3) is 0 Å². The molecule has 35 heavy (non-hydrogen) atoms. The van der Waals surface area contributed by atoms with Gasteiger partial charge >= 0.3 is 0 Å². The van der Waals surface area contributed by atoms with Crippen LogP contribution in [-0.2, 0) is 16.1 Å². The van der Waals surface area contributed by atoms with E-state index in [9.17, 15) is 24.5 Å². The maximum Gasteiger partial charge on any atom is 0.288 e. The number of imide groups is 1. The van der Waals surface area contributed by atoms with Gasteiger partial charge in [-0.2, -0.15) is 0 Å². The molecule has 1 N–H and O–H groups in total. The summed E-state index contributed by atoms with van der Waals surface area (Å²) >= 11 is 5.83. The van der Waals surface area contributed by atoms with Gasteiger partial charge in [0.25, 0.3) is 17.5 Å². The molecule has 0 spiro atoms. The number of nitro groups is 1.